The lowest BCUT2D eigenvalue weighted by molar-refractivity contribution is -0.385. The molecule has 0 bridgehead atoms. The molecule has 2 atom stereocenters. The van der Waals surface area contributed by atoms with Crippen LogP contribution in [-0.4, -0.2) is 28.5 Å². The third kappa shape index (κ3) is 3.47. The van der Waals surface area contributed by atoms with Crippen molar-refractivity contribution in [3.63, 3.8) is 0 Å². The standard InChI is InChI=1S/C23H23N3O4/c1-14(11-15(2)27)25-23(17-5-4-6-18(12-17)26(28)29)20-10-8-16-7-9-19(30-3)13-21(16)22(20)24-25/h4-7,9,11-13,20,23H,8,10H2,1-3H3. The normalized spacial score (nSPS) is 20.3. The first-order valence-electron chi connectivity index (χ1n) is 9.87. The largest absolute Gasteiger partial charge is 0.497 e. The number of rotatable bonds is 5. The molecule has 7 heteroatoms. The van der Waals surface area contributed by atoms with Gasteiger partial charge in [0.1, 0.15) is 5.75 Å². The minimum absolute atomic E-state index is 0.0481. The number of ether oxygens (including phenoxy) is 1. The van der Waals surface area contributed by atoms with E-state index in [1.807, 2.05) is 30.1 Å². The van der Waals surface area contributed by atoms with Crippen LogP contribution >= 0.6 is 0 Å². The van der Waals surface area contributed by atoms with Gasteiger partial charge in [0.05, 0.1) is 23.8 Å². The van der Waals surface area contributed by atoms with Gasteiger partial charge in [-0.25, -0.2) is 0 Å². The average molecular weight is 405 g/mol. The average Bonchev–Trinajstić information content (AvgIpc) is 3.13. The van der Waals surface area contributed by atoms with Crippen molar-refractivity contribution in [2.45, 2.75) is 32.7 Å². The molecule has 7 nitrogen and oxygen atoms in total. The van der Waals surface area contributed by atoms with E-state index < -0.39 is 0 Å². The number of methoxy groups -OCH3 is 1. The van der Waals surface area contributed by atoms with E-state index in [2.05, 4.69) is 6.07 Å². The zero-order valence-corrected chi connectivity index (χ0v) is 17.2. The molecule has 154 valence electrons. The number of benzene rings is 2. The van der Waals surface area contributed by atoms with Gasteiger partial charge in [-0.05, 0) is 49.9 Å². The van der Waals surface area contributed by atoms with Crippen molar-refractivity contribution in [1.82, 2.24) is 5.01 Å². The second-order valence-electron chi connectivity index (χ2n) is 7.69. The van der Waals surface area contributed by atoms with Crippen molar-refractivity contribution >= 4 is 17.2 Å². The Morgan fingerprint density at radius 3 is 2.77 bits per heavy atom. The summed E-state index contributed by atoms with van der Waals surface area (Å²) in [6, 6.07) is 12.5. The minimum atomic E-state index is -0.385. The van der Waals surface area contributed by atoms with E-state index in [0.29, 0.717) is 5.70 Å². The Balaban J connectivity index is 1.85. The highest BCUT2D eigenvalue weighted by molar-refractivity contribution is 6.06. The number of nitro groups is 1. The van der Waals surface area contributed by atoms with E-state index in [0.717, 1.165) is 35.4 Å². The van der Waals surface area contributed by atoms with Crippen molar-refractivity contribution in [1.29, 1.82) is 0 Å². The molecule has 0 saturated carbocycles. The van der Waals surface area contributed by atoms with Gasteiger partial charge in [0, 0.05) is 35.4 Å². The molecule has 1 heterocycles. The van der Waals surface area contributed by atoms with Crippen LogP contribution in [0.4, 0.5) is 5.69 Å². The Bertz CT molecular complexity index is 1090. The van der Waals surface area contributed by atoms with Crippen LogP contribution in [0, 0.1) is 16.0 Å². The first-order valence-corrected chi connectivity index (χ1v) is 9.87. The molecule has 2 unspecified atom stereocenters. The number of fused-ring (bicyclic) bond motifs is 3. The third-order valence-corrected chi connectivity index (χ3v) is 5.73. The molecule has 30 heavy (non-hydrogen) atoms. The summed E-state index contributed by atoms with van der Waals surface area (Å²) < 4.78 is 5.41. The topological polar surface area (TPSA) is 85.0 Å². The number of nitro benzene ring substituents is 1. The van der Waals surface area contributed by atoms with E-state index in [-0.39, 0.29) is 28.4 Å². The van der Waals surface area contributed by atoms with E-state index >= 15 is 0 Å². The van der Waals surface area contributed by atoms with Crippen LogP contribution in [0.1, 0.15) is 43.0 Å². The fourth-order valence-corrected chi connectivity index (χ4v) is 4.42. The van der Waals surface area contributed by atoms with Crippen LogP contribution in [0.5, 0.6) is 5.75 Å². The molecule has 4 rings (SSSR count). The zero-order chi connectivity index (χ0) is 21.4. The summed E-state index contributed by atoms with van der Waals surface area (Å²) in [6.45, 7) is 3.35. The molecule has 1 aliphatic heterocycles. The molecule has 2 aromatic rings. The smallest absolute Gasteiger partial charge is 0.269 e. The third-order valence-electron chi connectivity index (χ3n) is 5.73. The summed E-state index contributed by atoms with van der Waals surface area (Å²) in [5, 5.41) is 18.1. The fourth-order valence-electron chi connectivity index (χ4n) is 4.42. The molecular weight excluding hydrogens is 382 g/mol. The number of nitrogens with zero attached hydrogens (tertiary/aromatic N) is 3. The van der Waals surface area contributed by atoms with E-state index in [1.54, 1.807) is 25.3 Å². The SMILES string of the molecule is COc1ccc2c(c1)C1=NN(C(C)=CC(C)=O)C(c3cccc([N+](=O)[O-])c3)C1CC2. The summed E-state index contributed by atoms with van der Waals surface area (Å²) in [6.07, 6.45) is 3.31. The number of hydrazone groups is 1. The number of ketones is 1. The highest BCUT2D eigenvalue weighted by Crippen LogP contribution is 2.45. The van der Waals surface area contributed by atoms with Crippen LogP contribution in [0.2, 0.25) is 0 Å². The maximum Gasteiger partial charge on any atom is 0.269 e. The van der Waals surface area contributed by atoms with E-state index in [4.69, 9.17) is 9.84 Å². The van der Waals surface area contributed by atoms with Gasteiger partial charge in [0.15, 0.2) is 5.78 Å². The van der Waals surface area contributed by atoms with Crippen LogP contribution in [0.15, 0.2) is 59.3 Å². The maximum atomic E-state index is 11.7. The summed E-state index contributed by atoms with van der Waals surface area (Å²) in [5.74, 6) is 0.753. The highest BCUT2D eigenvalue weighted by atomic mass is 16.6. The molecule has 2 aliphatic rings. The number of hydrogen-bond donors (Lipinski definition) is 0. The summed E-state index contributed by atoms with van der Waals surface area (Å²) in [4.78, 5) is 22.7. The summed E-state index contributed by atoms with van der Waals surface area (Å²) in [7, 11) is 1.64. The molecule has 0 N–H and O–H groups in total. The Hall–Kier alpha value is -3.48. The predicted octanol–water partition coefficient (Wildman–Crippen LogP) is 4.42. The zero-order valence-electron chi connectivity index (χ0n) is 17.2. The Morgan fingerprint density at radius 2 is 2.07 bits per heavy atom. The Kier molecular flexibility index (Phi) is 5.11. The minimum Gasteiger partial charge on any atom is -0.497 e. The van der Waals surface area contributed by atoms with Gasteiger partial charge in [0.2, 0.25) is 0 Å². The van der Waals surface area contributed by atoms with Crippen LogP contribution < -0.4 is 4.74 Å². The monoisotopic (exact) mass is 405 g/mol. The van der Waals surface area contributed by atoms with E-state index in [1.165, 1.54) is 18.6 Å². The number of allylic oxidation sites excluding steroid dienone is 2. The van der Waals surface area contributed by atoms with Crippen molar-refractivity contribution in [3.8, 4) is 5.75 Å². The van der Waals surface area contributed by atoms with E-state index in [9.17, 15) is 14.9 Å². The van der Waals surface area contributed by atoms with Gasteiger partial charge in [0.25, 0.3) is 5.69 Å². The fraction of sp³-hybridized carbons (Fsp3) is 0.304. The molecule has 1 aliphatic carbocycles. The number of carbonyl (C=O) groups is 1. The first-order chi connectivity index (χ1) is 14.4. The lowest BCUT2D eigenvalue weighted by Crippen LogP contribution is -2.28. The van der Waals surface area contributed by atoms with Gasteiger partial charge in [-0.2, -0.15) is 5.10 Å². The second-order valence-corrected chi connectivity index (χ2v) is 7.69. The molecule has 0 saturated heterocycles. The summed E-state index contributed by atoms with van der Waals surface area (Å²) >= 11 is 0. The quantitative estimate of drug-likeness (QED) is 0.418. The molecule has 2 aromatic carbocycles. The molecule has 0 fully saturated rings. The maximum absolute atomic E-state index is 11.7. The van der Waals surface area contributed by atoms with Crippen molar-refractivity contribution in [3.05, 3.63) is 81.0 Å². The molecule has 0 spiro atoms. The second kappa shape index (κ2) is 7.74. The Labute approximate surface area is 174 Å². The van der Waals surface area contributed by atoms with Gasteiger partial charge >= 0.3 is 0 Å². The first kappa shape index (κ1) is 19.8. The number of aryl methyl sites for hydroxylation is 1. The summed E-state index contributed by atoms with van der Waals surface area (Å²) in [5.41, 5.74) is 4.76. The number of hydrogen-bond acceptors (Lipinski definition) is 6. The van der Waals surface area contributed by atoms with Crippen LogP contribution in [0.25, 0.3) is 0 Å². The molecule has 0 aromatic heterocycles. The van der Waals surface area contributed by atoms with Crippen LogP contribution in [-0.2, 0) is 11.2 Å². The van der Waals surface area contributed by atoms with Crippen molar-refractivity contribution in [2.24, 2.45) is 11.0 Å². The highest BCUT2D eigenvalue weighted by Gasteiger charge is 2.42. The van der Waals surface area contributed by atoms with Crippen molar-refractivity contribution in [2.75, 3.05) is 7.11 Å². The number of non-ortho nitro benzene ring substituents is 1. The lowest BCUT2D eigenvalue weighted by atomic mass is 9.77. The van der Waals surface area contributed by atoms with Crippen molar-refractivity contribution < 1.29 is 14.5 Å². The Morgan fingerprint density at radius 1 is 1.27 bits per heavy atom. The van der Waals surface area contributed by atoms with Gasteiger partial charge in [-0.1, -0.05) is 18.2 Å². The van der Waals surface area contributed by atoms with Gasteiger partial charge in [-0.3, -0.25) is 19.9 Å². The molecular formula is C23H23N3O4. The molecule has 0 radical (unpaired) electrons. The predicted molar refractivity (Wildman–Crippen MR) is 113 cm³/mol. The lowest BCUT2D eigenvalue weighted by Gasteiger charge is -2.31. The van der Waals surface area contributed by atoms with Gasteiger partial charge < -0.3 is 4.74 Å². The van der Waals surface area contributed by atoms with Gasteiger partial charge in [-0.15, -0.1) is 0 Å². The molecule has 0 amide bonds. The number of carbonyl (C=O) groups excluding carboxylic acids is 1. The van der Waals surface area contributed by atoms with Crippen LogP contribution in [0.3, 0.4) is 0 Å².